The zero-order valence-corrected chi connectivity index (χ0v) is 6.40. The monoisotopic (exact) mass is 150 g/mol. The lowest BCUT2D eigenvalue weighted by Gasteiger charge is -2.14. The van der Waals surface area contributed by atoms with E-state index in [4.69, 9.17) is 4.42 Å². The van der Waals surface area contributed by atoms with Crippen LogP contribution in [0.5, 0.6) is 0 Å². The molecule has 2 heterocycles. The van der Waals surface area contributed by atoms with E-state index < -0.39 is 0 Å². The topological polar surface area (TPSA) is 19.6 Å². The summed E-state index contributed by atoms with van der Waals surface area (Å²) in [5, 5.41) is 0. The third-order valence-corrected chi connectivity index (χ3v) is 1.67. The third-order valence-electron chi connectivity index (χ3n) is 1.67. The molecule has 1 aliphatic heterocycles. The highest BCUT2D eigenvalue weighted by atomic mass is 16.3. The first-order valence-corrected chi connectivity index (χ1v) is 3.55. The molecule has 0 N–H and O–H groups in total. The predicted octanol–water partition coefficient (Wildman–Crippen LogP) is 1.46. The molecule has 0 radical (unpaired) electrons. The smallest absolute Gasteiger partial charge is 0.200 e. The SMILES string of the molecule is CN1C=CN(c2ccco2)C1. The summed E-state index contributed by atoms with van der Waals surface area (Å²) in [7, 11) is 2.03. The first kappa shape index (κ1) is 6.34. The van der Waals surface area contributed by atoms with Crippen molar-refractivity contribution in [2.45, 2.75) is 0 Å². The van der Waals surface area contributed by atoms with E-state index in [9.17, 15) is 0 Å². The highest BCUT2D eigenvalue weighted by Crippen LogP contribution is 2.17. The standard InChI is InChI=1S/C8H10N2O/c1-9-4-5-10(7-9)8-3-2-6-11-8/h2-6H,7H2,1H3. The summed E-state index contributed by atoms with van der Waals surface area (Å²) in [5.41, 5.74) is 0. The van der Waals surface area contributed by atoms with Crippen LogP contribution in [0.3, 0.4) is 0 Å². The number of hydrogen-bond donors (Lipinski definition) is 0. The highest BCUT2D eigenvalue weighted by Gasteiger charge is 2.11. The van der Waals surface area contributed by atoms with Crippen molar-refractivity contribution in [3.05, 3.63) is 30.8 Å². The van der Waals surface area contributed by atoms with Gasteiger partial charge in [-0.15, -0.1) is 0 Å². The minimum absolute atomic E-state index is 0.869. The number of furan rings is 1. The van der Waals surface area contributed by atoms with Crippen LogP contribution in [0, 0.1) is 0 Å². The molecule has 11 heavy (non-hydrogen) atoms. The fourth-order valence-corrected chi connectivity index (χ4v) is 1.11. The molecule has 1 aromatic heterocycles. The first-order chi connectivity index (χ1) is 5.36. The van der Waals surface area contributed by atoms with E-state index in [-0.39, 0.29) is 0 Å². The van der Waals surface area contributed by atoms with Gasteiger partial charge >= 0.3 is 0 Å². The van der Waals surface area contributed by atoms with Crippen molar-refractivity contribution in [3.8, 4) is 0 Å². The van der Waals surface area contributed by atoms with Crippen LogP contribution in [0.1, 0.15) is 0 Å². The number of rotatable bonds is 1. The molecule has 0 spiro atoms. The van der Waals surface area contributed by atoms with Gasteiger partial charge in [-0.2, -0.15) is 0 Å². The van der Waals surface area contributed by atoms with Gasteiger partial charge in [-0.25, -0.2) is 0 Å². The van der Waals surface area contributed by atoms with Crippen molar-refractivity contribution < 1.29 is 4.42 Å². The van der Waals surface area contributed by atoms with Crippen LogP contribution >= 0.6 is 0 Å². The molecule has 3 nitrogen and oxygen atoms in total. The fraction of sp³-hybridized carbons (Fsp3) is 0.250. The summed E-state index contributed by atoms with van der Waals surface area (Å²) in [6, 6.07) is 3.84. The van der Waals surface area contributed by atoms with E-state index in [0.717, 1.165) is 12.6 Å². The largest absolute Gasteiger partial charge is 0.448 e. The van der Waals surface area contributed by atoms with Gasteiger partial charge in [0.1, 0.15) is 0 Å². The second-order valence-corrected chi connectivity index (χ2v) is 2.62. The van der Waals surface area contributed by atoms with Crippen LogP contribution in [-0.2, 0) is 0 Å². The van der Waals surface area contributed by atoms with Gasteiger partial charge in [0.25, 0.3) is 0 Å². The molecule has 2 rings (SSSR count). The molecular formula is C8H10N2O. The Morgan fingerprint density at radius 3 is 2.91 bits per heavy atom. The van der Waals surface area contributed by atoms with Crippen molar-refractivity contribution in [1.82, 2.24) is 4.90 Å². The maximum Gasteiger partial charge on any atom is 0.200 e. The van der Waals surface area contributed by atoms with Gasteiger partial charge in [0.05, 0.1) is 12.9 Å². The number of nitrogens with zero attached hydrogens (tertiary/aromatic N) is 2. The fourth-order valence-electron chi connectivity index (χ4n) is 1.11. The molecule has 1 aliphatic rings. The van der Waals surface area contributed by atoms with E-state index in [2.05, 4.69) is 4.90 Å². The Kier molecular flexibility index (Phi) is 1.35. The molecule has 0 amide bonds. The zero-order chi connectivity index (χ0) is 7.68. The molecule has 0 aliphatic carbocycles. The molecule has 0 fully saturated rings. The summed E-state index contributed by atoms with van der Waals surface area (Å²) in [4.78, 5) is 4.13. The molecule has 0 saturated carbocycles. The maximum atomic E-state index is 5.21. The first-order valence-electron chi connectivity index (χ1n) is 3.55. The Morgan fingerprint density at radius 2 is 2.36 bits per heavy atom. The molecule has 58 valence electrons. The van der Waals surface area contributed by atoms with Crippen molar-refractivity contribution in [2.24, 2.45) is 0 Å². The van der Waals surface area contributed by atoms with Gasteiger partial charge in [-0.3, -0.25) is 4.90 Å². The van der Waals surface area contributed by atoms with Crippen LogP contribution in [-0.4, -0.2) is 18.6 Å². The summed E-state index contributed by atoms with van der Waals surface area (Å²) >= 11 is 0. The Balaban J connectivity index is 2.15. The molecule has 0 unspecified atom stereocenters. The van der Waals surface area contributed by atoms with E-state index in [1.165, 1.54) is 0 Å². The lowest BCUT2D eigenvalue weighted by molar-refractivity contribution is 0.474. The van der Waals surface area contributed by atoms with Gasteiger partial charge in [0.2, 0.25) is 5.88 Å². The summed E-state index contributed by atoms with van der Waals surface area (Å²) in [5.74, 6) is 0.894. The Bertz CT molecular complexity index is 253. The van der Waals surface area contributed by atoms with Gasteiger partial charge in [-0.05, 0) is 6.07 Å². The molecular weight excluding hydrogens is 140 g/mol. The van der Waals surface area contributed by atoms with Gasteiger partial charge in [-0.1, -0.05) is 0 Å². The lowest BCUT2D eigenvalue weighted by Crippen LogP contribution is -2.20. The molecule has 0 saturated heterocycles. The average Bonchev–Trinajstić information content (AvgIpc) is 2.55. The van der Waals surface area contributed by atoms with Gasteiger partial charge in [0, 0.05) is 25.5 Å². The van der Waals surface area contributed by atoms with Crippen molar-refractivity contribution in [3.63, 3.8) is 0 Å². The highest BCUT2D eigenvalue weighted by molar-refractivity contribution is 5.39. The summed E-state index contributed by atoms with van der Waals surface area (Å²) < 4.78 is 5.21. The van der Waals surface area contributed by atoms with Gasteiger partial charge in [0.15, 0.2) is 0 Å². The Labute approximate surface area is 65.5 Å². The number of hydrogen-bond acceptors (Lipinski definition) is 3. The van der Waals surface area contributed by atoms with Crippen molar-refractivity contribution in [1.29, 1.82) is 0 Å². The molecule has 3 heteroatoms. The molecule has 0 atom stereocenters. The molecule has 1 aromatic rings. The van der Waals surface area contributed by atoms with Crippen LogP contribution in [0.15, 0.2) is 35.2 Å². The summed E-state index contributed by atoms with van der Waals surface area (Å²) in [6.07, 6.45) is 5.70. The van der Waals surface area contributed by atoms with Crippen LogP contribution in [0.25, 0.3) is 0 Å². The van der Waals surface area contributed by atoms with E-state index in [0.29, 0.717) is 0 Å². The second kappa shape index (κ2) is 2.34. The quantitative estimate of drug-likeness (QED) is 0.604. The normalized spacial score (nSPS) is 16.5. The lowest BCUT2D eigenvalue weighted by atomic mass is 10.6. The number of anilines is 1. The second-order valence-electron chi connectivity index (χ2n) is 2.62. The van der Waals surface area contributed by atoms with Crippen molar-refractivity contribution in [2.75, 3.05) is 18.6 Å². The summed E-state index contributed by atoms with van der Waals surface area (Å²) in [6.45, 7) is 0.869. The Hall–Kier alpha value is -1.38. The maximum absolute atomic E-state index is 5.21. The minimum Gasteiger partial charge on any atom is -0.448 e. The predicted molar refractivity (Wildman–Crippen MR) is 43.0 cm³/mol. The van der Waals surface area contributed by atoms with Crippen LogP contribution < -0.4 is 4.90 Å². The van der Waals surface area contributed by atoms with E-state index in [1.54, 1.807) is 6.26 Å². The van der Waals surface area contributed by atoms with Crippen LogP contribution in [0.2, 0.25) is 0 Å². The minimum atomic E-state index is 0.869. The third kappa shape index (κ3) is 1.09. The zero-order valence-electron chi connectivity index (χ0n) is 6.40. The van der Waals surface area contributed by atoms with Gasteiger partial charge < -0.3 is 9.32 Å². The average molecular weight is 150 g/mol. The van der Waals surface area contributed by atoms with E-state index in [1.807, 2.05) is 36.5 Å². The molecule has 0 aromatic carbocycles. The Morgan fingerprint density at radius 1 is 1.45 bits per heavy atom. The van der Waals surface area contributed by atoms with Crippen molar-refractivity contribution >= 4 is 5.88 Å². The van der Waals surface area contributed by atoms with Crippen LogP contribution in [0.4, 0.5) is 5.88 Å². The van der Waals surface area contributed by atoms with E-state index >= 15 is 0 Å². The molecule has 0 bridgehead atoms.